The zero-order valence-corrected chi connectivity index (χ0v) is 14.7. The van der Waals surface area contributed by atoms with Crippen molar-refractivity contribution in [2.45, 2.75) is 51.7 Å². The smallest absolute Gasteiger partial charge is 0.243 e. The lowest BCUT2D eigenvalue weighted by atomic mass is 9.97. The van der Waals surface area contributed by atoms with Crippen LogP contribution in [0.25, 0.3) is 0 Å². The molecule has 3 rings (SSSR count). The van der Waals surface area contributed by atoms with Crippen LogP contribution in [0.5, 0.6) is 0 Å². The fourth-order valence-corrected chi connectivity index (χ4v) is 3.09. The lowest BCUT2D eigenvalue weighted by Crippen LogP contribution is -2.27. The zero-order chi connectivity index (χ0) is 16.9. The Morgan fingerprint density at radius 1 is 1.46 bits per heavy atom. The second kappa shape index (κ2) is 7.90. The highest BCUT2D eigenvalue weighted by Gasteiger charge is 2.31. The predicted octanol–water partition coefficient (Wildman–Crippen LogP) is 2.57. The molecule has 1 aliphatic rings. The van der Waals surface area contributed by atoms with Gasteiger partial charge in [-0.25, -0.2) is 0 Å². The number of hydrogen-bond acceptors (Lipinski definition) is 6. The predicted molar refractivity (Wildman–Crippen MR) is 89.3 cm³/mol. The Kier molecular flexibility index (Phi) is 5.63. The molecule has 0 unspecified atom stereocenters. The summed E-state index contributed by atoms with van der Waals surface area (Å²) in [5.41, 5.74) is 1.15. The maximum Gasteiger partial charge on any atom is 0.243 e. The Bertz CT molecular complexity index is 638. The first kappa shape index (κ1) is 17.1. The highest BCUT2D eigenvalue weighted by Crippen LogP contribution is 2.34. The van der Waals surface area contributed by atoms with Crippen molar-refractivity contribution in [1.29, 1.82) is 0 Å². The number of nitrogens with zero attached hydrogens (tertiary/aromatic N) is 4. The third kappa shape index (κ3) is 4.02. The molecule has 7 heteroatoms. The van der Waals surface area contributed by atoms with Gasteiger partial charge in [0, 0.05) is 44.3 Å². The summed E-state index contributed by atoms with van der Waals surface area (Å²) in [6.45, 7) is 5.87. The van der Waals surface area contributed by atoms with Gasteiger partial charge in [0.25, 0.3) is 0 Å². The second-order valence-corrected chi connectivity index (χ2v) is 6.57. The molecule has 0 bridgehead atoms. The van der Waals surface area contributed by atoms with E-state index < -0.39 is 0 Å². The zero-order valence-electron chi connectivity index (χ0n) is 14.7. The van der Waals surface area contributed by atoms with Crippen molar-refractivity contribution in [3.05, 3.63) is 29.7 Å². The topological polar surface area (TPSA) is 78.0 Å². The van der Waals surface area contributed by atoms with E-state index in [2.05, 4.69) is 34.4 Å². The fraction of sp³-hybridized carbons (Fsp3) is 0.706. The van der Waals surface area contributed by atoms with Crippen LogP contribution in [0, 0.1) is 5.92 Å². The molecule has 1 saturated heterocycles. The summed E-state index contributed by atoms with van der Waals surface area (Å²) in [6, 6.07) is 0.0445. The maximum absolute atomic E-state index is 5.91. The number of hydrogen-bond donors (Lipinski definition) is 1. The Hall–Kier alpha value is -1.73. The molecule has 0 saturated carbocycles. The molecule has 2 aromatic rings. The highest BCUT2D eigenvalue weighted by atomic mass is 16.5. The maximum atomic E-state index is 5.91. The summed E-state index contributed by atoms with van der Waals surface area (Å²) in [5.74, 6) is 1.90. The largest absolute Gasteiger partial charge is 0.373 e. The number of nitrogens with one attached hydrogen (secondary N) is 1. The van der Waals surface area contributed by atoms with Gasteiger partial charge in [0.15, 0.2) is 5.82 Å². The molecule has 3 heterocycles. The van der Waals surface area contributed by atoms with E-state index in [0.29, 0.717) is 11.8 Å². The van der Waals surface area contributed by atoms with Gasteiger partial charge < -0.3 is 14.6 Å². The fourth-order valence-electron chi connectivity index (χ4n) is 3.09. The summed E-state index contributed by atoms with van der Waals surface area (Å²) in [7, 11) is 1.93. The SMILES string of the molecule is CCCCc1noc([C@H](C)NC[C@H]2CCO[C@H]2c2cnn(C)c2)n1. The molecule has 1 fully saturated rings. The number of unbranched alkanes of at least 4 members (excludes halogenated alkanes) is 1. The molecule has 0 aliphatic carbocycles. The molecular weight excluding hydrogens is 306 g/mol. The van der Waals surface area contributed by atoms with Crippen LogP contribution in [0.15, 0.2) is 16.9 Å². The van der Waals surface area contributed by atoms with Crippen molar-refractivity contribution in [2.75, 3.05) is 13.2 Å². The van der Waals surface area contributed by atoms with Crippen molar-refractivity contribution < 1.29 is 9.26 Å². The van der Waals surface area contributed by atoms with Crippen LogP contribution in [0.4, 0.5) is 0 Å². The van der Waals surface area contributed by atoms with Crippen LogP contribution in [0.3, 0.4) is 0 Å². The van der Waals surface area contributed by atoms with E-state index in [4.69, 9.17) is 9.26 Å². The van der Waals surface area contributed by atoms with Crippen molar-refractivity contribution in [1.82, 2.24) is 25.2 Å². The standard InChI is InChI=1S/C17H27N5O2/c1-4-5-6-15-20-17(24-21-15)12(2)18-9-13-7-8-23-16(13)14-10-19-22(3)11-14/h10-13,16,18H,4-9H2,1-3H3/t12-,13+,16+/m0/s1. The molecule has 0 aromatic carbocycles. The van der Waals surface area contributed by atoms with Gasteiger partial charge in [0.2, 0.25) is 5.89 Å². The van der Waals surface area contributed by atoms with Crippen molar-refractivity contribution in [3.8, 4) is 0 Å². The molecule has 2 aromatic heterocycles. The van der Waals surface area contributed by atoms with E-state index in [-0.39, 0.29) is 12.1 Å². The van der Waals surface area contributed by atoms with Crippen LogP contribution in [-0.4, -0.2) is 33.1 Å². The summed E-state index contributed by atoms with van der Waals surface area (Å²) in [4.78, 5) is 4.49. The first-order chi connectivity index (χ1) is 11.7. The first-order valence-electron chi connectivity index (χ1n) is 8.83. The second-order valence-electron chi connectivity index (χ2n) is 6.57. The average Bonchev–Trinajstić information content (AvgIpc) is 3.30. The van der Waals surface area contributed by atoms with Gasteiger partial charge >= 0.3 is 0 Å². The van der Waals surface area contributed by atoms with Crippen LogP contribution < -0.4 is 5.32 Å². The van der Waals surface area contributed by atoms with Crippen molar-refractivity contribution in [3.63, 3.8) is 0 Å². The van der Waals surface area contributed by atoms with E-state index in [1.807, 2.05) is 24.1 Å². The van der Waals surface area contributed by atoms with Crippen LogP contribution in [0.1, 0.15) is 62.5 Å². The minimum Gasteiger partial charge on any atom is -0.373 e. The minimum atomic E-state index is 0.0445. The van der Waals surface area contributed by atoms with Gasteiger partial charge in [0.1, 0.15) is 0 Å². The van der Waals surface area contributed by atoms with E-state index >= 15 is 0 Å². The normalized spacial score (nSPS) is 22.1. The number of aryl methyl sites for hydroxylation is 2. The lowest BCUT2D eigenvalue weighted by Gasteiger charge is -2.19. The molecular formula is C17H27N5O2. The van der Waals surface area contributed by atoms with Crippen LogP contribution >= 0.6 is 0 Å². The van der Waals surface area contributed by atoms with Gasteiger partial charge in [-0.05, 0) is 19.8 Å². The summed E-state index contributed by atoms with van der Waals surface area (Å²) in [6.07, 6.45) is 8.19. The third-order valence-corrected chi connectivity index (χ3v) is 4.56. The minimum absolute atomic E-state index is 0.0445. The molecule has 0 amide bonds. The first-order valence-corrected chi connectivity index (χ1v) is 8.83. The summed E-state index contributed by atoms with van der Waals surface area (Å²) >= 11 is 0. The molecule has 24 heavy (non-hydrogen) atoms. The van der Waals surface area contributed by atoms with Crippen LogP contribution in [0.2, 0.25) is 0 Å². The van der Waals surface area contributed by atoms with Crippen molar-refractivity contribution >= 4 is 0 Å². The molecule has 3 atom stereocenters. The number of rotatable bonds is 8. The molecule has 1 N–H and O–H groups in total. The Morgan fingerprint density at radius 2 is 2.33 bits per heavy atom. The number of aromatic nitrogens is 4. The molecule has 0 spiro atoms. The van der Waals surface area contributed by atoms with Gasteiger partial charge in [-0.15, -0.1) is 0 Å². The van der Waals surface area contributed by atoms with Crippen molar-refractivity contribution in [2.24, 2.45) is 13.0 Å². The summed E-state index contributed by atoms with van der Waals surface area (Å²) in [5, 5.41) is 11.8. The van der Waals surface area contributed by atoms with E-state index in [9.17, 15) is 0 Å². The number of ether oxygens (including phenoxy) is 1. The molecule has 1 aliphatic heterocycles. The van der Waals surface area contributed by atoms with E-state index in [1.165, 1.54) is 0 Å². The average molecular weight is 333 g/mol. The highest BCUT2D eigenvalue weighted by molar-refractivity contribution is 5.11. The van der Waals surface area contributed by atoms with E-state index in [1.54, 1.807) is 0 Å². The molecule has 7 nitrogen and oxygen atoms in total. The molecule has 0 radical (unpaired) electrons. The molecule has 132 valence electrons. The summed E-state index contributed by atoms with van der Waals surface area (Å²) < 4.78 is 13.1. The van der Waals surface area contributed by atoms with Gasteiger partial charge in [-0.3, -0.25) is 4.68 Å². The Morgan fingerprint density at radius 3 is 3.08 bits per heavy atom. The van der Waals surface area contributed by atoms with Gasteiger partial charge in [-0.1, -0.05) is 18.5 Å². The van der Waals surface area contributed by atoms with Crippen LogP contribution in [-0.2, 0) is 18.2 Å². The lowest BCUT2D eigenvalue weighted by molar-refractivity contribution is 0.0895. The Balaban J connectivity index is 1.53. The monoisotopic (exact) mass is 333 g/mol. The van der Waals surface area contributed by atoms with Gasteiger partial charge in [-0.2, -0.15) is 10.1 Å². The quantitative estimate of drug-likeness (QED) is 0.800. The third-order valence-electron chi connectivity index (χ3n) is 4.56. The van der Waals surface area contributed by atoms with E-state index in [0.717, 1.165) is 50.2 Å². The van der Waals surface area contributed by atoms with Gasteiger partial charge in [0.05, 0.1) is 18.3 Å². The Labute approximate surface area is 142 Å².